The molecule has 156 valence electrons. The van der Waals surface area contributed by atoms with Gasteiger partial charge in [-0.25, -0.2) is 0 Å². The molecule has 1 unspecified atom stereocenters. The predicted octanol–water partition coefficient (Wildman–Crippen LogP) is 2.33. The SMILES string of the molecule is Cc1ccc(CN2CC(C(=O)N3CCN(C(=O)c4ccccc4)CC3)CC2=O)cc1. The fourth-order valence-electron chi connectivity index (χ4n) is 4.16. The molecule has 1 atom stereocenters. The first kappa shape index (κ1) is 20.1. The van der Waals surface area contributed by atoms with Crippen molar-refractivity contribution in [2.24, 2.45) is 5.92 Å². The lowest BCUT2D eigenvalue weighted by molar-refractivity contribution is -0.137. The maximum Gasteiger partial charge on any atom is 0.253 e. The van der Waals surface area contributed by atoms with Crippen molar-refractivity contribution in [1.29, 1.82) is 0 Å². The first-order chi connectivity index (χ1) is 14.5. The molecule has 0 radical (unpaired) electrons. The summed E-state index contributed by atoms with van der Waals surface area (Å²) >= 11 is 0. The van der Waals surface area contributed by atoms with E-state index in [-0.39, 0.29) is 30.1 Å². The van der Waals surface area contributed by atoms with E-state index in [2.05, 4.69) is 0 Å². The molecule has 4 rings (SSSR count). The van der Waals surface area contributed by atoms with Crippen LogP contribution >= 0.6 is 0 Å². The summed E-state index contributed by atoms with van der Waals surface area (Å²) < 4.78 is 0. The predicted molar refractivity (Wildman–Crippen MR) is 114 cm³/mol. The molecular formula is C24H27N3O3. The van der Waals surface area contributed by atoms with Crippen molar-refractivity contribution >= 4 is 17.7 Å². The highest BCUT2D eigenvalue weighted by atomic mass is 16.2. The highest BCUT2D eigenvalue weighted by Gasteiger charge is 2.37. The van der Waals surface area contributed by atoms with Crippen molar-refractivity contribution < 1.29 is 14.4 Å². The van der Waals surface area contributed by atoms with Crippen LogP contribution in [0.3, 0.4) is 0 Å². The van der Waals surface area contributed by atoms with Gasteiger partial charge in [0.1, 0.15) is 0 Å². The molecular weight excluding hydrogens is 378 g/mol. The van der Waals surface area contributed by atoms with Crippen LogP contribution in [0.5, 0.6) is 0 Å². The van der Waals surface area contributed by atoms with Crippen LogP contribution in [-0.2, 0) is 16.1 Å². The minimum atomic E-state index is -0.292. The third kappa shape index (κ3) is 4.37. The molecule has 6 nitrogen and oxygen atoms in total. The summed E-state index contributed by atoms with van der Waals surface area (Å²) in [5.41, 5.74) is 2.94. The van der Waals surface area contributed by atoms with Gasteiger partial charge >= 0.3 is 0 Å². The fraction of sp³-hybridized carbons (Fsp3) is 0.375. The van der Waals surface area contributed by atoms with Gasteiger partial charge in [0.2, 0.25) is 11.8 Å². The molecule has 6 heteroatoms. The second kappa shape index (κ2) is 8.69. The molecule has 2 aromatic rings. The molecule has 2 aliphatic rings. The minimum Gasteiger partial charge on any atom is -0.339 e. The Kier molecular flexibility index (Phi) is 5.84. The quantitative estimate of drug-likeness (QED) is 0.784. The number of aryl methyl sites for hydroxylation is 1. The number of amides is 3. The van der Waals surface area contributed by atoms with Crippen LogP contribution in [0.2, 0.25) is 0 Å². The maximum atomic E-state index is 13.0. The lowest BCUT2D eigenvalue weighted by atomic mass is 10.1. The minimum absolute atomic E-state index is 0.00279. The standard InChI is InChI=1S/C24H27N3O3/c1-18-7-9-19(10-8-18)16-27-17-21(15-22(27)28)24(30)26-13-11-25(12-14-26)23(29)20-5-3-2-4-6-20/h2-10,21H,11-17H2,1H3. The number of likely N-dealkylation sites (tertiary alicyclic amines) is 1. The van der Waals surface area contributed by atoms with E-state index in [1.807, 2.05) is 66.4 Å². The van der Waals surface area contributed by atoms with E-state index >= 15 is 0 Å². The number of rotatable bonds is 4. The van der Waals surface area contributed by atoms with Crippen LogP contribution in [0.15, 0.2) is 54.6 Å². The maximum absolute atomic E-state index is 13.0. The zero-order chi connectivity index (χ0) is 21.1. The Morgan fingerprint density at radius 1 is 0.900 bits per heavy atom. The van der Waals surface area contributed by atoms with Gasteiger partial charge in [0.25, 0.3) is 5.91 Å². The second-order valence-corrected chi connectivity index (χ2v) is 8.14. The van der Waals surface area contributed by atoms with Crippen molar-refractivity contribution in [2.45, 2.75) is 19.9 Å². The Bertz CT molecular complexity index is 918. The van der Waals surface area contributed by atoms with Crippen LogP contribution in [0, 0.1) is 12.8 Å². The Labute approximate surface area is 177 Å². The van der Waals surface area contributed by atoms with E-state index in [1.165, 1.54) is 5.56 Å². The number of carbonyl (C=O) groups excluding carboxylic acids is 3. The summed E-state index contributed by atoms with van der Waals surface area (Å²) in [5, 5.41) is 0. The zero-order valence-electron chi connectivity index (χ0n) is 17.3. The average molecular weight is 405 g/mol. The smallest absolute Gasteiger partial charge is 0.253 e. The molecule has 2 heterocycles. The zero-order valence-corrected chi connectivity index (χ0v) is 17.3. The first-order valence-electron chi connectivity index (χ1n) is 10.5. The van der Waals surface area contributed by atoms with Crippen molar-refractivity contribution in [2.75, 3.05) is 32.7 Å². The molecule has 0 N–H and O–H groups in total. The van der Waals surface area contributed by atoms with Crippen molar-refractivity contribution in [3.05, 3.63) is 71.3 Å². The molecule has 0 bridgehead atoms. The van der Waals surface area contributed by atoms with E-state index in [0.717, 1.165) is 5.56 Å². The van der Waals surface area contributed by atoms with Crippen LogP contribution in [-0.4, -0.2) is 65.1 Å². The van der Waals surface area contributed by atoms with Gasteiger partial charge in [-0.05, 0) is 24.6 Å². The van der Waals surface area contributed by atoms with E-state index in [1.54, 1.807) is 9.80 Å². The highest BCUT2D eigenvalue weighted by Crippen LogP contribution is 2.23. The number of nitrogens with zero attached hydrogens (tertiary/aromatic N) is 3. The van der Waals surface area contributed by atoms with Gasteiger partial charge in [0.05, 0.1) is 5.92 Å². The molecule has 2 fully saturated rings. The number of carbonyl (C=O) groups is 3. The summed E-state index contributed by atoms with van der Waals surface area (Å²) in [6.07, 6.45) is 0.272. The molecule has 0 aliphatic carbocycles. The van der Waals surface area contributed by atoms with Gasteiger partial charge in [-0.15, -0.1) is 0 Å². The normalized spacial score (nSPS) is 19.3. The lowest BCUT2D eigenvalue weighted by Gasteiger charge is -2.36. The molecule has 0 saturated carbocycles. The lowest BCUT2D eigenvalue weighted by Crippen LogP contribution is -2.52. The number of piperazine rings is 1. The summed E-state index contributed by atoms with van der Waals surface area (Å²) in [7, 11) is 0. The number of benzene rings is 2. The second-order valence-electron chi connectivity index (χ2n) is 8.14. The summed E-state index contributed by atoms with van der Waals surface area (Å²) in [4.78, 5) is 43.4. The Morgan fingerprint density at radius 2 is 1.53 bits per heavy atom. The molecule has 2 aliphatic heterocycles. The average Bonchev–Trinajstić information content (AvgIpc) is 3.15. The monoisotopic (exact) mass is 405 g/mol. The van der Waals surface area contributed by atoms with Crippen LogP contribution in [0.4, 0.5) is 0 Å². The molecule has 30 heavy (non-hydrogen) atoms. The number of hydrogen-bond acceptors (Lipinski definition) is 3. The fourth-order valence-corrected chi connectivity index (χ4v) is 4.16. The molecule has 3 amide bonds. The van der Waals surface area contributed by atoms with E-state index in [0.29, 0.717) is 44.8 Å². The van der Waals surface area contributed by atoms with E-state index in [9.17, 15) is 14.4 Å². The Morgan fingerprint density at radius 3 is 2.20 bits per heavy atom. The van der Waals surface area contributed by atoms with Gasteiger partial charge in [-0.2, -0.15) is 0 Å². The molecule has 2 aromatic carbocycles. The largest absolute Gasteiger partial charge is 0.339 e. The highest BCUT2D eigenvalue weighted by molar-refractivity contribution is 5.94. The van der Waals surface area contributed by atoms with Crippen molar-refractivity contribution in [3.63, 3.8) is 0 Å². The Balaban J connectivity index is 1.30. The first-order valence-corrected chi connectivity index (χ1v) is 10.5. The molecule has 2 saturated heterocycles. The number of hydrogen-bond donors (Lipinski definition) is 0. The third-order valence-corrected chi connectivity index (χ3v) is 5.96. The summed E-state index contributed by atoms with van der Waals surface area (Å²) in [5.74, 6) is -0.226. The van der Waals surface area contributed by atoms with Crippen LogP contribution in [0.1, 0.15) is 27.9 Å². The Hall–Kier alpha value is -3.15. The molecule has 0 aromatic heterocycles. The summed E-state index contributed by atoms with van der Waals surface area (Å²) in [6.45, 7) is 5.12. The van der Waals surface area contributed by atoms with Gasteiger partial charge in [0.15, 0.2) is 0 Å². The van der Waals surface area contributed by atoms with Gasteiger partial charge in [-0.3, -0.25) is 14.4 Å². The van der Waals surface area contributed by atoms with Crippen LogP contribution < -0.4 is 0 Å². The summed E-state index contributed by atoms with van der Waals surface area (Å²) in [6, 6.07) is 17.3. The van der Waals surface area contributed by atoms with Gasteiger partial charge in [-0.1, -0.05) is 48.0 Å². The van der Waals surface area contributed by atoms with Gasteiger partial charge < -0.3 is 14.7 Å². The van der Waals surface area contributed by atoms with E-state index < -0.39 is 0 Å². The van der Waals surface area contributed by atoms with Crippen molar-refractivity contribution in [3.8, 4) is 0 Å². The van der Waals surface area contributed by atoms with Gasteiger partial charge in [0, 0.05) is 51.3 Å². The van der Waals surface area contributed by atoms with Crippen molar-refractivity contribution in [1.82, 2.24) is 14.7 Å². The topological polar surface area (TPSA) is 60.9 Å². The van der Waals surface area contributed by atoms with Crippen LogP contribution in [0.25, 0.3) is 0 Å². The molecule has 0 spiro atoms. The third-order valence-electron chi connectivity index (χ3n) is 5.96. The van der Waals surface area contributed by atoms with E-state index in [4.69, 9.17) is 0 Å².